The molecule has 0 N–H and O–H groups in total. The summed E-state index contributed by atoms with van der Waals surface area (Å²) in [7, 11) is 0. The van der Waals surface area contributed by atoms with Gasteiger partial charge in [0, 0.05) is 0 Å². The number of nitrogens with zero attached hydrogens (tertiary/aromatic N) is 2. The molecule has 2 heterocycles. The van der Waals surface area contributed by atoms with Gasteiger partial charge in [0.25, 0.3) is 0 Å². The number of aromatic nitrogens is 2. The van der Waals surface area contributed by atoms with Crippen LogP contribution < -0.4 is 0 Å². The molecule has 0 spiro atoms. The van der Waals surface area contributed by atoms with Crippen molar-refractivity contribution < 1.29 is 36.7 Å². The molecule has 2 nitrogen and oxygen atoms in total. The Labute approximate surface area is 163 Å². The van der Waals surface area contributed by atoms with Gasteiger partial charge >= 0.3 is 163 Å². The molecule has 0 aliphatic heterocycles. The normalized spacial score (nSPS) is 32.9. The molecule has 0 radical (unpaired) electrons. The molecule has 4 atom stereocenters. The first-order valence-electron chi connectivity index (χ1n) is 8.46. The van der Waals surface area contributed by atoms with Crippen LogP contribution in [0, 0.1) is 0 Å². The molecule has 4 rings (SSSR count). The molecular weight excluding hydrogens is 392 g/mol. The zero-order chi connectivity index (χ0) is 19.1. The molecule has 4 unspecified atom stereocenters. The molecule has 0 amide bonds. The summed E-state index contributed by atoms with van der Waals surface area (Å²) in [4.78, 5) is 0. The van der Waals surface area contributed by atoms with E-state index in [2.05, 4.69) is 0 Å². The second kappa shape index (κ2) is 6.84. The fourth-order valence-electron chi connectivity index (χ4n) is 3.48. The van der Waals surface area contributed by atoms with E-state index >= 15 is 8.78 Å². The van der Waals surface area contributed by atoms with E-state index in [9.17, 15) is 8.78 Å². The molecule has 7 heteroatoms. The van der Waals surface area contributed by atoms with Crippen molar-refractivity contribution in [1.29, 1.82) is 0 Å². The molecule has 2 aliphatic carbocycles. The zero-order valence-electron chi connectivity index (χ0n) is 14.1. The van der Waals surface area contributed by atoms with Crippen LogP contribution in [-0.4, -0.2) is 9.13 Å². The summed E-state index contributed by atoms with van der Waals surface area (Å²) in [5, 5.41) is 0. The van der Waals surface area contributed by atoms with E-state index in [0.717, 1.165) is 0 Å². The van der Waals surface area contributed by atoms with Crippen LogP contribution in [0.25, 0.3) is 0 Å². The Morgan fingerprint density at radius 2 is 1.07 bits per heavy atom. The van der Waals surface area contributed by atoms with Crippen LogP contribution in [0.15, 0.2) is 97.2 Å². The summed E-state index contributed by atoms with van der Waals surface area (Å²) in [6, 6.07) is 6.52. The number of allylic oxidation sites excluding steroid dienone is 8. The molecular formula is C20H16F4N2Ti. The molecule has 2 aromatic rings. The van der Waals surface area contributed by atoms with E-state index in [1.54, 1.807) is 24.3 Å². The molecule has 0 saturated heterocycles. The maximum atomic E-state index is 15.9. The van der Waals surface area contributed by atoms with Crippen LogP contribution in [-0.2, 0) is 30.7 Å². The topological polar surface area (TPSA) is 9.86 Å². The van der Waals surface area contributed by atoms with Gasteiger partial charge in [0.2, 0.25) is 0 Å². The minimum absolute atomic E-state index is 0.689. The van der Waals surface area contributed by atoms with E-state index in [0.29, 0.717) is 0 Å². The van der Waals surface area contributed by atoms with Crippen molar-refractivity contribution in [1.82, 2.24) is 9.13 Å². The predicted molar refractivity (Wildman–Crippen MR) is 91.2 cm³/mol. The first kappa shape index (κ1) is 18.3. The number of rotatable bonds is 4. The summed E-state index contributed by atoms with van der Waals surface area (Å²) in [5.41, 5.74) is 0. The molecule has 27 heavy (non-hydrogen) atoms. The van der Waals surface area contributed by atoms with Crippen LogP contribution >= 0.6 is 0 Å². The Hall–Kier alpha value is -2.05. The molecule has 2 aromatic heterocycles. The molecule has 138 valence electrons. The van der Waals surface area contributed by atoms with Crippen molar-refractivity contribution in [2.75, 3.05) is 0 Å². The summed E-state index contributed by atoms with van der Waals surface area (Å²) in [6.07, 6.45) is 13.4. The first-order chi connectivity index (χ1) is 12.9. The minimum atomic E-state index is -2.19. The van der Waals surface area contributed by atoms with Crippen LogP contribution in [0.1, 0.15) is 0 Å². The monoisotopic (exact) mass is 408 g/mol. The van der Waals surface area contributed by atoms with Gasteiger partial charge in [-0.3, -0.25) is 0 Å². The third-order valence-corrected chi connectivity index (χ3v) is 8.03. The van der Waals surface area contributed by atoms with Gasteiger partial charge in [-0.05, 0) is 0 Å². The van der Waals surface area contributed by atoms with Crippen molar-refractivity contribution in [3.05, 3.63) is 97.2 Å². The quantitative estimate of drug-likeness (QED) is 0.451. The molecule has 0 aromatic carbocycles. The maximum absolute atomic E-state index is 15.9. The fourth-order valence-corrected chi connectivity index (χ4v) is 6.29. The van der Waals surface area contributed by atoms with Gasteiger partial charge in [-0.15, -0.1) is 0 Å². The van der Waals surface area contributed by atoms with Gasteiger partial charge in [-0.25, -0.2) is 0 Å². The SMILES string of the molecule is FC1=CC=CC(F)(n2cccc2)[CH]1[Ti][CH]1C(F)=CC=CC1(F)n1cccc1. The Morgan fingerprint density at radius 3 is 1.44 bits per heavy atom. The Morgan fingerprint density at radius 1 is 0.704 bits per heavy atom. The van der Waals surface area contributed by atoms with Crippen LogP contribution in [0.4, 0.5) is 17.6 Å². The fraction of sp³-hybridized carbons (Fsp3) is 0.200. The number of halogens is 4. The molecule has 2 aliphatic rings. The van der Waals surface area contributed by atoms with E-state index in [1.807, 2.05) is 0 Å². The second-order valence-electron chi connectivity index (χ2n) is 6.49. The second-order valence-corrected chi connectivity index (χ2v) is 8.81. The summed E-state index contributed by atoms with van der Waals surface area (Å²) < 4.78 is 61.2. The van der Waals surface area contributed by atoms with Gasteiger partial charge in [0.1, 0.15) is 0 Å². The summed E-state index contributed by atoms with van der Waals surface area (Å²) >= 11 is -1.85. The summed E-state index contributed by atoms with van der Waals surface area (Å²) in [5.74, 6) is -5.76. The van der Waals surface area contributed by atoms with Gasteiger partial charge in [0.15, 0.2) is 0 Å². The van der Waals surface area contributed by atoms with Crippen molar-refractivity contribution in [2.45, 2.75) is 20.0 Å². The Bertz CT molecular complexity index is 853. The number of alkyl halides is 2. The summed E-state index contributed by atoms with van der Waals surface area (Å²) in [6.45, 7) is 0. The van der Waals surface area contributed by atoms with Gasteiger partial charge in [0.05, 0.1) is 0 Å². The van der Waals surface area contributed by atoms with Crippen molar-refractivity contribution >= 4 is 0 Å². The third kappa shape index (κ3) is 3.01. The van der Waals surface area contributed by atoms with Crippen molar-refractivity contribution in [2.24, 2.45) is 0 Å². The number of hydrogen-bond donors (Lipinski definition) is 0. The average Bonchev–Trinajstić information content (AvgIpc) is 3.34. The van der Waals surface area contributed by atoms with Crippen LogP contribution in [0.2, 0.25) is 8.45 Å². The van der Waals surface area contributed by atoms with Crippen LogP contribution in [0.3, 0.4) is 0 Å². The molecule has 0 fully saturated rings. The van der Waals surface area contributed by atoms with E-state index < -0.39 is 50.8 Å². The Kier molecular flexibility index (Phi) is 4.64. The van der Waals surface area contributed by atoms with Crippen LogP contribution in [0.5, 0.6) is 0 Å². The standard InChI is InChI=1S/2C10H8F2N.Ti/c2*11-9-4-3-5-10(12,8-9)13-6-1-2-7-13;/h2*1-8H;. The van der Waals surface area contributed by atoms with Crippen molar-refractivity contribution in [3.8, 4) is 0 Å². The third-order valence-electron chi connectivity index (χ3n) is 4.87. The molecule has 0 bridgehead atoms. The number of hydrogen-bond acceptors (Lipinski definition) is 0. The van der Waals surface area contributed by atoms with E-state index in [4.69, 9.17) is 0 Å². The predicted octanol–water partition coefficient (Wildman–Crippen LogP) is 5.74. The zero-order valence-corrected chi connectivity index (χ0v) is 15.7. The van der Waals surface area contributed by atoms with E-state index in [1.165, 1.54) is 70.4 Å². The average molecular weight is 408 g/mol. The van der Waals surface area contributed by atoms with Crippen molar-refractivity contribution in [3.63, 3.8) is 0 Å². The van der Waals surface area contributed by atoms with Gasteiger partial charge in [-0.2, -0.15) is 0 Å². The van der Waals surface area contributed by atoms with Gasteiger partial charge < -0.3 is 0 Å². The van der Waals surface area contributed by atoms with Gasteiger partial charge in [-0.1, -0.05) is 0 Å². The Balaban J connectivity index is 1.74. The molecule has 0 saturated carbocycles. The van der Waals surface area contributed by atoms with E-state index in [-0.39, 0.29) is 0 Å². The first-order valence-corrected chi connectivity index (χ1v) is 10.3.